The van der Waals surface area contributed by atoms with Gasteiger partial charge in [0.15, 0.2) is 0 Å². The lowest BCUT2D eigenvalue weighted by Crippen LogP contribution is -2.31. The number of rotatable bonds is 8. The second kappa shape index (κ2) is 7.47. The van der Waals surface area contributed by atoms with E-state index in [1.165, 1.54) is 51.0 Å². The summed E-state index contributed by atoms with van der Waals surface area (Å²) in [7, 11) is 0. The van der Waals surface area contributed by atoms with Gasteiger partial charge in [0.1, 0.15) is 0 Å². The summed E-state index contributed by atoms with van der Waals surface area (Å²) < 4.78 is 0. The number of unbranched alkanes of at least 4 members (excludes halogenated alkanes) is 2. The molecule has 0 N–H and O–H groups in total. The van der Waals surface area contributed by atoms with Crippen molar-refractivity contribution in [3.05, 3.63) is 0 Å². The lowest BCUT2D eigenvalue weighted by atomic mass is 9.18. The quantitative estimate of drug-likeness (QED) is 0.460. The normalized spacial score (nSPS) is 12.0. The zero-order chi connectivity index (χ0) is 10.2. The van der Waals surface area contributed by atoms with Crippen molar-refractivity contribution in [2.75, 3.05) is 0 Å². The van der Waals surface area contributed by atoms with Gasteiger partial charge in [-0.2, -0.15) is 25.3 Å². The predicted molar refractivity (Wildman–Crippen MR) is 66.1 cm³/mol. The molecule has 0 heterocycles. The van der Waals surface area contributed by atoms with E-state index in [9.17, 15) is 0 Å². The van der Waals surface area contributed by atoms with Gasteiger partial charge in [0.05, 0.1) is 0 Å². The molecule has 0 aromatic rings. The Morgan fingerprint density at radius 2 is 1.08 bits per heavy atom. The maximum Gasteiger partial charge on any atom is 0.000102 e. The molecule has 0 aromatic carbocycles. The molecule has 0 saturated heterocycles. The van der Waals surface area contributed by atoms with Gasteiger partial charge in [-0.25, -0.2) is 0 Å². The molecule has 0 aliphatic carbocycles. The van der Waals surface area contributed by atoms with Gasteiger partial charge in [0.2, 0.25) is 0 Å². The zero-order valence-electron chi connectivity index (χ0n) is 10.2. The SMILES string of the molecule is CCCC[B-](CC)(CC)CCCC. The fourth-order valence-electron chi connectivity index (χ4n) is 2.52. The first-order chi connectivity index (χ1) is 6.24. The molecular formula is C12H28B-. The summed E-state index contributed by atoms with van der Waals surface area (Å²) in [5, 5.41) is 0. The summed E-state index contributed by atoms with van der Waals surface area (Å²) >= 11 is 0. The largest absolute Gasteiger partial charge is 0.181 e. The summed E-state index contributed by atoms with van der Waals surface area (Å²) in [4.78, 5) is 0. The van der Waals surface area contributed by atoms with Crippen LogP contribution in [0.25, 0.3) is 0 Å². The molecule has 13 heavy (non-hydrogen) atoms. The van der Waals surface area contributed by atoms with Gasteiger partial charge in [-0.05, 0) is 0 Å². The Kier molecular flexibility index (Phi) is 7.50. The van der Waals surface area contributed by atoms with Crippen molar-refractivity contribution < 1.29 is 0 Å². The highest BCUT2D eigenvalue weighted by atomic mass is 14.0. The van der Waals surface area contributed by atoms with Gasteiger partial charge in [-0.3, -0.25) is 0 Å². The van der Waals surface area contributed by atoms with Crippen LogP contribution in [0.15, 0.2) is 0 Å². The summed E-state index contributed by atoms with van der Waals surface area (Å²) in [5.74, 6) is 0. The van der Waals surface area contributed by atoms with E-state index in [4.69, 9.17) is 0 Å². The Labute approximate surface area is 85.4 Å². The second-order valence-corrected chi connectivity index (χ2v) is 4.83. The maximum absolute atomic E-state index is 2.40. The van der Waals surface area contributed by atoms with Crippen molar-refractivity contribution in [3.63, 3.8) is 0 Å². The Hall–Kier alpha value is 0.0649. The first kappa shape index (κ1) is 13.1. The van der Waals surface area contributed by atoms with E-state index in [1.54, 1.807) is 0 Å². The molecule has 0 amide bonds. The molecule has 0 atom stereocenters. The molecule has 0 saturated carbocycles. The van der Waals surface area contributed by atoms with Crippen LogP contribution in [0.2, 0.25) is 25.3 Å². The van der Waals surface area contributed by atoms with Crippen molar-refractivity contribution in [2.24, 2.45) is 0 Å². The highest BCUT2D eigenvalue weighted by Crippen LogP contribution is 2.29. The minimum atomic E-state index is 0.0242. The number of hydrogen-bond acceptors (Lipinski definition) is 0. The molecule has 0 rings (SSSR count). The molecular weight excluding hydrogens is 155 g/mol. The number of hydrogen-bond donors (Lipinski definition) is 0. The molecule has 0 aromatic heterocycles. The van der Waals surface area contributed by atoms with E-state index in [-0.39, 0.29) is 6.15 Å². The van der Waals surface area contributed by atoms with Crippen molar-refractivity contribution in [3.8, 4) is 0 Å². The predicted octanol–water partition coefficient (Wildman–Crippen LogP) is 5.08. The molecule has 0 fully saturated rings. The average molecular weight is 183 g/mol. The molecule has 0 aliphatic heterocycles. The van der Waals surface area contributed by atoms with E-state index in [0.29, 0.717) is 0 Å². The van der Waals surface area contributed by atoms with E-state index < -0.39 is 0 Å². The van der Waals surface area contributed by atoms with Crippen molar-refractivity contribution in [1.82, 2.24) is 0 Å². The van der Waals surface area contributed by atoms with Crippen LogP contribution in [0.4, 0.5) is 0 Å². The van der Waals surface area contributed by atoms with E-state index in [0.717, 1.165) is 0 Å². The minimum absolute atomic E-state index is 0.0242. The molecule has 0 nitrogen and oxygen atoms in total. The van der Waals surface area contributed by atoms with Crippen molar-refractivity contribution in [2.45, 2.75) is 78.7 Å². The minimum Gasteiger partial charge on any atom is -0.181 e. The summed E-state index contributed by atoms with van der Waals surface area (Å²) in [6, 6.07) is 0. The smallest absolute Gasteiger partial charge is 0.000102 e. The standard InChI is InChI=1S/C12H28B/c1-5-9-11-13(7-3,8-4)12-10-6-2/h5-12H2,1-4H3/q-1. The third kappa shape index (κ3) is 4.74. The summed E-state index contributed by atoms with van der Waals surface area (Å²) in [6.45, 7) is 9.42. The van der Waals surface area contributed by atoms with Crippen LogP contribution in [0.1, 0.15) is 53.4 Å². The first-order valence-electron chi connectivity index (χ1n) is 6.46. The van der Waals surface area contributed by atoms with Crippen LogP contribution < -0.4 is 0 Å². The Balaban J connectivity index is 3.97. The van der Waals surface area contributed by atoms with Crippen LogP contribution >= 0.6 is 0 Å². The van der Waals surface area contributed by atoms with Gasteiger partial charge >= 0.3 is 0 Å². The van der Waals surface area contributed by atoms with E-state index in [1.807, 2.05) is 0 Å². The fraction of sp³-hybridized carbons (Fsp3) is 1.00. The van der Waals surface area contributed by atoms with E-state index in [2.05, 4.69) is 27.7 Å². The van der Waals surface area contributed by atoms with Gasteiger partial charge < -0.3 is 0 Å². The second-order valence-electron chi connectivity index (χ2n) is 4.83. The van der Waals surface area contributed by atoms with E-state index >= 15 is 0 Å². The van der Waals surface area contributed by atoms with Crippen molar-refractivity contribution >= 4 is 6.15 Å². The van der Waals surface area contributed by atoms with Gasteiger partial charge in [-0.1, -0.05) is 53.4 Å². The van der Waals surface area contributed by atoms with Gasteiger partial charge in [0.25, 0.3) is 0 Å². The van der Waals surface area contributed by atoms with Crippen LogP contribution in [-0.4, -0.2) is 6.15 Å². The monoisotopic (exact) mass is 183 g/mol. The third-order valence-corrected chi connectivity index (χ3v) is 4.07. The fourth-order valence-corrected chi connectivity index (χ4v) is 2.52. The van der Waals surface area contributed by atoms with Crippen LogP contribution in [0.5, 0.6) is 0 Å². The topological polar surface area (TPSA) is 0 Å². The molecule has 0 spiro atoms. The highest BCUT2D eigenvalue weighted by Gasteiger charge is 2.18. The molecule has 0 aliphatic rings. The molecule has 0 bridgehead atoms. The Bertz CT molecular complexity index is 95.7. The Morgan fingerprint density at radius 3 is 1.31 bits per heavy atom. The highest BCUT2D eigenvalue weighted by molar-refractivity contribution is 6.79. The third-order valence-electron chi connectivity index (χ3n) is 4.07. The molecule has 80 valence electrons. The molecule has 0 unspecified atom stereocenters. The van der Waals surface area contributed by atoms with Crippen LogP contribution in [0.3, 0.4) is 0 Å². The van der Waals surface area contributed by atoms with Crippen molar-refractivity contribution in [1.29, 1.82) is 0 Å². The summed E-state index contributed by atoms with van der Waals surface area (Å²) in [5.41, 5.74) is 0. The van der Waals surface area contributed by atoms with Crippen LogP contribution in [0, 0.1) is 0 Å². The molecule has 1 heteroatoms. The van der Waals surface area contributed by atoms with Crippen LogP contribution in [-0.2, 0) is 0 Å². The summed E-state index contributed by atoms with van der Waals surface area (Å²) in [6.07, 6.45) is 11.6. The first-order valence-corrected chi connectivity index (χ1v) is 6.46. The zero-order valence-corrected chi connectivity index (χ0v) is 10.2. The maximum atomic E-state index is 2.40. The lowest BCUT2D eigenvalue weighted by Gasteiger charge is -2.37. The van der Waals surface area contributed by atoms with Gasteiger partial charge in [0, 0.05) is 6.15 Å². The van der Waals surface area contributed by atoms with Gasteiger partial charge in [-0.15, -0.1) is 0 Å². The molecule has 0 radical (unpaired) electrons. The lowest BCUT2D eigenvalue weighted by molar-refractivity contribution is 0.815. The Morgan fingerprint density at radius 1 is 0.692 bits per heavy atom. The average Bonchev–Trinajstić information content (AvgIpc) is 2.20.